The number of hydrogen-bond donors (Lipinski definition) is 0. The summed E-state index contributed by atoms with van der Waals surface area (Å²) in [6.07, 6.45) is 3.41. The van der Waals surface area contributed by atoms with Crippen LogP contribution in [-0.2, 0) is 15.3 Å². The van der Waals surface area contributed by atoms with Crippen LogP contribution in [0.25, 0.3) is 22.6 Å². The van der Waals surface area contributed by atoms with Gasteiger partial charge in [0.1, 0.15) is 0 Å². The van der Waals surface area contributed by atoms with Gasteiger partial charge in [-0.1, -0.05) is 39.8 Å². The van der Waals surface area contributed by atoms with E-state index in [4.69, 9.17) is 27.4 Å². The molecule has 0 bridgehead atoms. The van der Waals surface area contributed by atoms with Crippen molar-refractivity contribution >= 4 is 22.4 Å². The van der Waals surface area contributed by atoms with Crippen LogP contribution in [-0.4, -0.2) is 3.81 Å². The molecule has 0 saturated carbocycles. The Morgan fingerprint density at radius 2 is 1.13 bits per heavy atom. The van der Waals surface area contributed by atoms with Crippen LogP contribution < -0.4 is 0 Å². The average Bonchev–Trinajstić information content (AvgIpc) is 3.45. The van der Waals surface area contributed by atoms with E-state index < -0.39 is 15.3 Å². The Morgan fingerprint density at radius 1 is 0.767 bits per heavy atom. The van der Waals surface area contributed by atoms with Gasteiger partial charge in [0.25, 0.3) is 0 Å². The number of aryl methyl sites for hydroxylation is 4. The van der Waals surface area contributed by atoms with Gasteiger partial charge in [-0.25, -0.2) is 0 Å². The van der Waals surface area contributed by atoms with Gasteiger partial charge in [-0.15, -0.1) is 34.4 Å². The second-order valence-electron chi connectivity index (χ2n) is 7.47. The minimum atomic E-state index is -1.60. The molecule has 2 nitrogen and oxygen atoms in total. The number of halogens is 2. The first-order valence-electron chi connectivity index (χ1n) is 9.73. The molecule has 0 atom stereocenters. The minimum absolute atomic E-state index is 0.959. The van der Waals surface area contributed by atoms with Gasteiger partial charge < -0.3 is 8.83 Å². The van der Waals surface area contributed by atoms with E-state index in [0.717, 1.165) is 11.5 Å². The van der Waals surface area contributed by atoms with Crippen LogP contribution in [0, 0.1) is 27.7 Å². The molecule has 0 radical (unpaired) electrons. The van der Waals surface area contributed by atoms with E-state index in [9.17, 15) is 0 Å². The zero-order valence-corrected chi connectivity index (χ0v) is 21.4. The van der Waals surface area contributed by atoms with Crippen LogP contribution in [0.5, 0.6) is 0 Å². The first kappa shape index (κ1) is 24.7. The van der Waals surface area contributed by atoms with E-state index in [2.05, 4.69) is 52.0 Å². The van der Waals surface area contributed by atoms with Gasteiger partial charge in [-0.2, -0.15) is 23.3 Å². The number of rotatable bonds is 2. The van der Waals surface area contributed by atoms with Crippen molar-refractivity contribution in [3.8, 4) is 22.6 Å². The van der Waals surface area contributed by atoms with E-state index >= 15 is 0 Å². The maximum atomic E-state index is 5.51. The van der Waals surface area contributed by atoms with Crippen molar-refractivity contribution in [3.63, 3.8) is 0 Å². The van der Waals surface area contributed by atoms with E-state index in [1.165, 1.54) is 37.2 Å². The Balaban J connectivity index is 0.000000171. The van der Waals surface area contributed by atoms with Crippen molar-refractivity contribution in [1.29, 1.82) is 0 Å². The molecule has 2 aromatic carbocycles. The molecule has 30 heavy (non-hydrogen) atoms. The minimum Gasteiger partial charge on any atom is -0.508 e. The molecule has 5 heteroatoms. The molecule has 0 spiro atoms. The SMILES string of the molecule is C[C](C)=[Ti]([Cl])[Cl].Cc1cc(C)c(-c2ccco2)[cH-]1.Cc1cc(C)c(-c2ccco2)[cH-]1. The standard InChI is InChI=1S/2C11H11O.C3H6.2ClH.Ti/c2*1-8-6-9(2)10(7-8)11-4-3-5-12-11;1-3-2;;;/h2*3-7H,1-2H3;1-2H3;2*1H;/q2*-1;;;;+2/p-2. The Hall–Kier alpha value is -1.58. The molecular weight excluding hydrogens is 451 g/mol. The van der Waals surface area contributed by atoms with Crippen LogP contribution in [0.1, 0.15) is 36.1 Å². The molecule has 0 amide bonds. The van der Waals surface area contributed by atoms with E-state index in [1.54, 1.807) is 12.5 Å². The summed E-state index contributed by atoms with van der Waals surface area (Å²) in [5.41, 5.74) is 7.55. The maximum Gasteiger partial charge on any atom is 0.0768 e. The first-order valence-corrected chi connectivity index (χ1v) is 14.8. The average molecular weight is 479 g/mol. The number of furan rings is 2. The second kappa shape index (κ2) is 11.7. The molecule has 160 valence electrons. The molecule has 2 aromatic heterocycles. The van der Waals surface area contributed by atoms with Crippen LogP contribution in [0.3, 0.4) is 0 Å². The molecule has 0 N–H and O–H groups in total. The number of hydrogen-bond acceptors (Lipinski definition) is 2. The molecule has 0 fully saturated rings. The summed E-state index contributed by atoms with van der Waals surface area (Å²) in [6.45, 7) is 12.3. The zero-order chi connectivity index (χ0) is 22.3. The molecule has 0 aliphatic rings. The van der Waals surface area contributed by atoms with Crippen LogP contribution >= 0.6 is 18.6 Å². The van der Waals surface area contributed by atoms with Gasteiger partial charge in [-0.3, -0.25) is 0 Å². The van der Waals surface area contributed by atoms with Crippen molar-refractivity contribution in [2.24, 2.45) is 0 Å². The van der Waals surface area contributed by atoms with Crippen molar-refractivity contribution in [2.75, 3.05) is 0 Å². The topological polar surface area (TPSA) is 26.3 Å². The van der Waals surface area contributed by atoms with Crippen molar-refractivity contribution in [2.45, 2.75) is 41.5 Å². The molecular formula is C25H28Cl2O2Ti-2. The van der Waals surface area contributed by atoms with Crippen LogP contribution in [0.4, 0.5) is 0 Å². The largest absolute Gasteiger partial charge is 0.508 e. The summed E-state index contributed by atoms with van der Waals surface area (Å²) in [7, 11) is 11.0. The van der Waals surface area contributed by atoms with Gasteiger partial charge in [-0.05, 0) is 12.1 Å². The summed E-state index contributed by atoms with van der Waals surface area (Å²) >= 11 is -1.60. The van der Waals surface area contributed by atoms with Crippen molar-refractivity contribution in [1.82, 2.24) is 0 Å². The second-order valence-corrected chi connectivity index (χ2v) is 13.8. The molecule has 0 saturated heterocycles. The Bertz CT molecular complexity index is 970. The Morgan fingerprint density at radius 3 is 1.33 bits per heavy atom. The van der Waals surface area contributed by atoms with E-state index in [-0.39, 0.29) is 0 Å². The van der Waals surface area contributed by atoms with E-state index in [1.807, 2.05) is 38.1 Å². The molecule has 4 aromatic rings. The summed E-state index contributed by atoms with van der Waals surface area (Å²) in [6, 6.07) is 16.4. The summed E-state index contributed by atoms with van der Waals surface area (Å²) < 4.78 is 11.8. The predicted molar refractivity (Wildman–Crippen MR) is 126 cm³/mol. The monoisotopic (exact) mass is 478 g/mol. The molecule has 0 aliphatic heterocycles. The smallest absolute Gasteiger partial charge is 0.0768 e. The molecule has 4 rings (SSSR count). The molecule has 0 aliphatic carbocycles. The summed E-state index contributed by atoms with van der Waals surface area (Å²) in [4.78, 5) is 0. The third kappa shape index (κ3) is 7.28. The van der Waals surface area contributed by atoms with Gasteiger partial charge in [0.2, 0.25) is 0 Å². The van der Waals surface area contributed by atoms with Crippen molar-refractivity contribution in [3.05, 3.63) is 83.3 Å². The Kier molecular flexibility index (Phi) is 9.64. The van der Waals surface area contributed by atoms with Crippen LogP contribution in [0.2, 0.25) is 0 Å². The third-order valence-electron chi connectivity index (χ3n) is 4.43. The van der Waals surface area contributed by atoms with Gasteiger partial charge in [0.15, 0.2) is 0 Å². The molecule has 2 heterocycles. The first-order chi connectivity index (χ1) is 14.2. The predicted octanol–water partition coefficient (Wildman–Crippen LogP) is 8.69. The van der Waals surface area contributed by atoms with Gasteiger partial charge in [0.05, 0.1) is 12.5 Å². The van der Waals surface area contributed by atoms with E-state index in [0.29, 0.717) is 0 Å². The fraction of sp³-hybridized carbons (Fsp3) is 0.240. The fourth-order valence-electron chi connectivity index (χ4n) is 3.00. The van der Waals surface area contributed by atoms with Crippen molar-refractivity contribution < 1.29 is 24.1 Å². The van der Waals surface area contributed by atoms with Crippen LogP contribution in [0.15, 0.2) is 69.9 Å². The quantitative estimate of drug-likeness (QED) is 0.212. The van der Waals surface area contributed by atoms with Gasteiger partial charge >= 0.3 is 51.6 Å². The molecule has 0 unspecified atom stereocenters. The Labute approximate surface area is 193 Å². The zero-order valence-electron chi connectivity index (χ0n) is 18.3. The summed E-state index contributed by atoms with van der Waals surface area (Å²) in [5, 5.41) is 0. The normalized spacial score (nSPS) is 10.0. The maximum absolute atomic E-state index is 5.51. The fourth-order valence-corrected chi connectivity index (χ4v) is 3.00. The summed E-state index contributed by atoms with van der Waals surface area (Å²) in [5.74, 6) is 1.92. The van der Waals surface area contributed by atoms with Gasteiger partial charge in [0, 0.05) is 11.5 Å². The third-order valence-corrected chi connectivity index (χ3v) is 8.73.